The van der Waals surface area contributed by atoms with Gasteiger partial charge in [-0.3, -0.25) is 0 Å². The molecule has 0 radical (unpaired) electrons. The number of rotatable bonds is 11. The topological polar surface area (TPSA) is 15.7 Å². The largest absolute Gasteiger partial charge is 0.497 e. The Bertz CT molecular complexity index is 3320. The predicted octanol–water partition coefficient (Wildman–Crippen LogP) is 17.7. The fourth-order valence-corrected chi connectivity index (χ4v) is 10.4. The van der Waals surface area contributed by atoms with Crippen molar-refractivity contribution in [3.63, 3.8) is 0 Å². The van der Waals surface area contributed by atoms with Gasteiger partial charge in [-0.25, -0.2) is 0 Å². The predicted molar refractivity (Wildman–Crippen MR) is 277 cm³/mol. The van der Waals surface area contributed by atoms with Crippen molar-refractivity contribution in [1.82, 2.24) is 0 Å². The van der Waals surface area contributed by atoms with E-state index < -0.39 is 0 Å². The van der Waals surface area contributed by atoms with Crippen molar-refractivity contribution in [2.45, 2.75) is 0 Å². The van der Waals surface area contributed by atoms with Gasteiger partial charge in [0.15, 0.2) is 0 Å². The van der Waals surface area contributed by atoms with Crippen LogP contribution in [0.2, 0.25) is 0 Å². The molecule has 4 heteroatoms. The van der Waals surface area contributed by atoms with Crippen molar-refractivity contribution in [2.75, 3.05) is 16.9 Å². The molecule has 1 heterocycles. The molecule has 0 spiro atoms. The Balaban J connectivity index is 1.07. The second kappa shape index (κ2) is 17.5. The molecule has 10 aromatic carbocycles. The molecule has 0 aliphatic rings. The van der Waals surface area contributed by atoms with Crippen LogP contribution in [-0.4, -0.2) is 7.11 Å². The molecule has 0 amide bonds. The standard InChI is InChI=1S/C61H44N2OS/c1-64-54-40-38-52(39-41-54)62(49-24-10-4-11-25-49)51-34-30-45(31-35-51)60-57(43-18-6-2-7-19-43)58(44-20-8-3-9-21-44)61(65-60)46-32-36-53(37-33-46)63(50-26-12-5-13-27-50)59-55-28-16-14-22-47(55)42-48-23-15-17-29-56(48)59/h2-42H,1H3. The van der Waals surface area contributed by atoms with Crippen molar-refractivity contribution in [1.29, 1.82) is 0 Å². The normalized spacial score (nSPS) is 11.2. The summed E-state index contributed by atoms with van der Waals surface area (Å²) in [6.45, 7) is 0. The second-order valence-corrected chi connectivity index (χ2v) is 17.1. The minimum atomic E-state index is 0.829. The van der Waals surface area contributed by atoms with Crippen molar-refractivity contribution in [3.05, 3.63) is 249 Å². The first-order chi connectivity index (χ1) is 32.2. The van der Waals surface area contributed by atoms with Gasteiger partial charge in [0.1, 0.15) is 5.75 Å². The lowest BCUT2D eigenvalue weighted by atomic mass is 9.91. The molecule has 0 saturated carbocycles. The van der Waals surface area contributed by atoms with Gasteiger partial charge in [-0.1, -0.05) is 170 Å². The van der Waals surface area contributed by atoms with Crippen molar-refractivity contribution < 1.29 is 4.74 Å². The Morgan fingerprint density at radius 1 is 0.323 bits per heavy atom. The second-order valence-electron chi connectivity index (χ2n) is 16.0. The molecule has 1 aromatic heterocycles. The van der Waals surface area contributed by atoms with E-state index in [9.17, 15) is 0 Å². The summed E-state index contributed by atoms with van der Waals surface area (Å²) in [6, 6.07) is 89.3. The van der Waals surface area contributed by atoms with E-state index >= 15 is 0 Å². The number of thiophene rings is 1. The fourth-order valence-electron chi connectivity index (χ4n) is 9.09. The molecule has 310 valence electrons. The van der Waals surface area contributed by atoms with Crippen LogP contribution in [-0.2, 0) is 0 Å². The summed E-state index contributed by atoms with van der Waals surface area (Å²) in [7, 11) is 1.70. The maximum atomic E-state index is 5.51. The lowest BCUT2D eigenvalue weighted by molar-refractivity contribution is 0.415. The summed E-state index contributed by atoms with van der Waals surface area (Å²) in [5.74, 6) is 0.829. The number of benzene rings is 10. The first-order valence-corrected chi connectivity index (χ1v) is 22.8. The molecule has 0 aliphatic heterocycles. The third-order valence-corrected chi connectivity index (χ3v) is 13.4. The number of nitrogens with zero attached hydrogens (tertiary/aromatic N) is 2. The Labute approximate surface area is 384 Å². The Morgan fingerprint density at radius 2 is 0.677 bits per heavy atom. The molecule has 3 nitrogen and oxygen atoms in total. The van der Waals surface area contributed by atoms with Gasteiger partial charge >= 0.3 is 0 Å². The summed E-state index contributed by atoms with van der Waals surface area (Å²) < 4.78 is 5.51. The first kappa shape index (κ1) is 39.7. The van der Waals surface area contributed by atoms with E-state index in [2.05, 4.69) is 246 Å². The lowest BCUT2D eigenvalue weighted by Gasteiger charge is -2.28. The quantitative estimate of drug-likeness (QED) is 0.121. The molecule has 0 saturated heterocycles. The summed E-state index contributed by atoms with van der Waals surface area (Å²) in [5.41, 5.74) is 13.8. The van der Waals surface area contributed by atoms with E-state index in [1.54, 1.807) is 7.11 Å². The van der Waals surface area contributed by atoms with Gasteiger partial charge < -0.3 is 14.5 Å². The number of hydrogen-bond acceptors (Lipinski definition) is 4. The summed E-state index contributed by atoms with van der Waals surface area (Å²) in [4.78, 5) is 7.17. The lowest BCUT2D eigenvalue weighted by Crippen LogP contribution is -2.11. The third kappa shape index (κ3) is 7.60. The average Bonchev–Trinajstić information content (AvgIpc) is 3.79. The molecule has 0 N–H and O–H groups in total. The van der Waals surface area contributed by atoms with Crippen LogP contribution in [0.4, 0.5) is 34.1 Å². The molecule has 0 unspecified atom stereocenters. The zero-order valence-corrected chi connectivity index (χ0v) is 36.7. The molecule has 0 bridgehead atoms. The zero-order valence-electron chi connectivity index (χ0n) is 35.9. The monoisotopic (exact) mass is 852 g/mol. The highest BCUT2D eigenvalue weighted by Gasteiger charge is 2.25. The van der Waals surface area contributed by atoms with Crippen LogP contribution in [0.3, 0.4) is 0 Å². The van der Waals surface area contributed by atoms with Crippen molar-refractivity contribution in [2.24, 2.45) is 0 Å². The maximum Gasteiger partial charge on any atom is 0.119 e. The molecular formula is C61H44N2OS. The summed E-state index contributed by atoms with van der Waals surface area (Å²) >= 11 is 1.86. The van der Waals surface area contributed by atoms with E-state index in [-0.39, 0.29) is 0 Å². The molecule has 11 aromatic rings. The van der Waals surface area contributed by atoms with Crippen LogP contribution in [0.1, 0.15) is 0 Å². The van der Waals surface area contributed by atoms with Gasteiger partial charge in [0, 0.05) is 60.1 Å². The molecule has 11 rings (SSSR count). The fraction of sp³-hybridized carbons (Fsp3) is 0.0164. The van der Waals surface area contributed by atoms with Gasteiger partial charge in [-0.15, -0.1) is 11.3 Å². The van der Waals surface area contributed by atoms with E-state index in [1.165, 1.54) is 70.4 Å². The van der Waals surface area contributed by atoms with E-state index in [1.807, 2.05) is 23.5 Å². The average molecular weight is 853 g/mol. The zero-order chi connectivity index (χ0) is 43.5. The van der Waals surface area contributed by atoms with Gasteiger partial charge in [0.25, 0.3) is 0 Å². The first-order valence-electron chi connectivity index (χ1n) is 22.0. The van der Waals surface area contributed by atoms with Crippen molar-refractivity contribution in [3.8, 4) is 48.9 Å². The Morgan fingerprint density at radius 3 is 1.12 bits per heavy atom. The highest BCUT2D eigenvalue weighted by atomic mass is 32.1. The molecular weight excluding hydrogens is 809 g/mol. The van der Waals surface area contributed by atoms with Gasteiger partial charge in [-0.2, -0.15) is 0 Å². The van der Waals surface area contributed by atoms with Crippen LogP contribution in [0.15, 0.2) is 249 Å². The van der Waals surface area contributed by atoms with Crippen LogP contribution in [0, 0.1) is 0 Å². The Kier molecular flexibility index (Phi) is 10.7. The van der Waals surface area contributed by atoms with Crippen LogP contribution in [0.25, 0.3) is 64.7 Å². The van der Waals surface area contributed by atoms with Gasteiger partial charge in [0.2, 0.25) is 0 Å². The molecule has 0 fully saturated rings. The van der Waals surface area contributed by atoms with E-state index in [0.29, 0.717) is 0 Å². The molecule has 0 aliphatic carbocycles. The van der Waals surface area contributed by atoms with E-state index in [0.717, 1.165) is 34.2 Å². The summed E-state index contributed by atoms with van der Waals surface area (Å²) in [6.07, 6.45) is 0. The maximum absolute atomic E-state index is 5.51. The minimum Gasteiger partial charge on any atom is -0.497 e. The van der Waals surface area contributed by atoms with Crippen molar-refractivity contribution >= 4 is 67.0 Å². The highest BCUT2D eigenvalue weighted by Crippen LogP contribution is 2.53. The van der Waals surface area contributed by atoms with Gasteiger partial charge in [0.05, 0.1) is 12.8 Å². The smallest absolute Gasteiger partial charge is 0.119 e. The molecule has 0 atom stereocenters. The van der Waals surface area contributed by atoms with Crippen LogP contribution >= 0.6 is 11.3 Å². The number of ether oxygens (including phenoxy) is 1. The number of methoxy groups -OCH3 is 1. The number of anilines is 6. The summed E-state index contributed by atoms with van der Waals surface area (Å²) in [5, 5.41) is 4.85. The van der Waals surface area contributed by atoms with Gasteiger partial charge in [-0.05, 0) is 112 Å². The highest BCUT2D eigenvalue weighted by molar-refractivity contribution is 7.20. The molecule has 65 heavy (non-hydrogen) atoms. The van der Waals surface area contributed by atoms with Crippen LogP contribution < -0.4 is 14.5 Å². The number of fused-ring (bicyclic) bond motifs is 2. The van der Waals surface area contributed by atoms with Crippen LogP contribution in [0.5, 0.6) is 5.75 Å². The Hall–Kier alpha value is -8.18. The minimum absolute atomic E-state index is 0.829. The number of para-hydroxylation sites is 2. The SMILES string of the molecule is COc1ccc(N(c2ccccc2)c2ccc(-c3sc(-c4ccc(N(c5ccccc5)c5c6ccccc6cc6ccccc56)cc4)c(-c4ccccc4)c3-c3ccccc3)cc2)cc1. The third-order valence-electron chi connectivity index (χ3n) is 12.1. The van der Waals surface area contributed by atoms with E-state index in [4.69, 9.17) is 4.74 Å². The number of hydrogen-bond donors (Lipinski definition) is 0.